The number of hydrogen-bond donors (Lipinski definition) is 2. The highest BCUT2D eigenvalue weighted by Gasteiger charge is 2.32. The second-order valence-corrected chi connectivity index (χ2v) is 6.44. The van der Waals surface area contributed by atoms with Crippen LogP contribution in [0.15, 0.2) is 24.3 Å². The average molecular weight is 274 g/mol. The van der Waals surface area contributed by atoms with Gasteiger partial charge in [-0.05, 0) is 56.1 Å². The molecule has 4 atom stereocenters. The second kappa shape index (κ2) is 6.25. The molecule has 1 aromatic carbocycles. The van der Waals surface area contributed by atoms with Gasteiger partial charge in [-0.15, -0.1) is 0 Å². The SMILES string of the molecule is CC1CC(C(CC2CCCc3ccccc32)NN)CO1. The lowest BCUT2D eigenvalue weighted by molar-refractivity contribution is 0.116. The minimum Gasteiger partial charge on any atom is -0.378 e. The number of nitrogens with one attached hydrogen (secondary N) is 1. The molecule has 2 aliphatic rings. The van der Waals surface area contributed by atoms with Crippen molar-refractivity contribution < 1.29 is 4.74 Å². The van der Waals surface area contributed by atoms with Gasteiger partial charge in [0.15, 0.2) is 0 Å². The van der Waals surface area contributed by atoms with E-state index >= 15 is 0 Å². The van der Waals surface area contributed by atoms with E-state index in [0.717, 1.165) is 19.4 Å². The van der Waals surface area contributed by atoms with Crippen LogP contribution >= 0.6 is 0 Å². The number of hydrogen-bond acceptors (Lipinski definition) is 3. The molecule has 3 nitrogen and oxygen atoms in total. The van der Waals surface area contributed by atoms with Crippen LogP contribution in [0.1, 0.15) is 49.7 Å². The van der Waals surface area contributed by atoms with Gasteiger partial charge in [0.2, 0.25) is 0 Å². The molecule has 0 spiro atoms. The summed E-state index contributed by atoms with van der Waals surface area (Å²) in [6.45, 7) is 3.01. The molecule has 0 bridgehead atoms. The van der Waals surface area contributed by atoms with E-state index in [4.69, 9.17) is 10.6 Å². The summed E-state index contributed by atoms with van der Waals surface area (Å²) in [5.41, 5.74) is 6.15. The van der Waals surface area contributed by atoms with Gasteiger partial charge < -0.3 is 4.74 Å². The molecule has 1 aliphatic carbocycles. The molecule has 1 aliphatic heterocycles. The molecule has 110 valence electrons. The molecule has 4 unspecified atom stereocenters. The van der Waals surface area contributed by atoms with Crippen molar-refractivity contribution in [1.82, 2.24) is 5.43 Å². The summed E-state index contributed by atoms with van der Waals surface area (Å²) >= 11 is 0. The maximum absolute atomic E-state index is 5.83. The number of nitrogens with two attached hydrogens (primary N) is 1. The van der Waals surface area contributed by atoms with Gasteiger partial charge in [0, 0.05) is 12.0 Å². The van der Waals surface area contributed by atoms with Gasteiger partial charge in [0.25, 0.3) is 0 Å². The van der Waals surface area contributed by atoms with Gasteiger partial charge in [-0.3, -0.25) is 11.3 Å². The average Bonchev–Trinajstić information content (AvgIpc) is 2.91. The van der Waals surface area contributed by atoms with Crippen LogP contribution in [0.3, 0.4) is 0 Å². The minimum atomic E-state index is 0.371. The first-order valence-corrected chi connectivity index (χ1v) is 7.93. The summed E-state index contributed by atoms with van der Waals surface area (Å²) in [6.07, 6.45) is 6.47. The predicted octanol–water partition coefficient (Wildman–Crippen LogP) is 2.75. The van der Waals surface area contributed by atoms with Crippen molar-refractivity contribution in [1.29, 1.82) is 0 Å². The zero-order chi connectivity index (χ0) is 13.9. The fourth-order valence-corrected chi connectivity index (χ4v) is 3.93. The highest BCUT2D eigenvalue weighted by molar-refractivity contribution is 5.32. The summed E-state index contributed by atoms with van der Waals surface area (Å²) in [7, 11) is 0. The molecule has 1 saturated heterocycles. The van der Waals surface area contributed by atoms with Gasteiger partial charge in [-0.25, -0.2) is 0 Å². The summed E-state index contributed by atoms with van der Waals surface area (Å²) in [6, 6.07) is 9.29. The van der Waals surface area contributed by atoms with Crippen molar-refractivity contribution in [3.05, 3.63) is 35.4 Å². The number of benzene rings is 1. The standard InChI is InChI=1S/C17H26N2O/c1-12-9-15(11-20-12)17(19-18)10-14-7-4-6-13-5-2-3-8-16(13)14/h2-3,5,8,12,14-15,17,19H,4,6-7,9-11,18H2,1H3. The molecule has 1 aromatic rings. The van der Waals surface area contributed by atoms with Crippen molar-refractivity contribution in [2.75, 3.05) is 6.61 Å². The lowest BCUT2D eigenvalue weighted by Crippen LogP contribution is -2.42. The molecule has 3 N–H and O–H groups in total. The molecule has 1 heterocycles. The molecular weight excluding hydrogens is 248 g/mol. The second-order valence-electron chi connectivity index (χ2n) is 6.44. The van der Waals surface area contributed by atoms with Crippen LogP contribution < -0.4 is 11.3 Å². The Bertz CT molecular complexity index is 448. The van der Waals surface area contributed by atoms with E-state index in [1.54, 1.807) is 5.56 Å². The van der Waals surface area contributed by atoms with E-state index in [1.807, 2.05) is 0 Å². The fourth-order valence-electron chi connectivity index (χ4n) is 3.93. The zero-order valence-electron chi connectivity index (χ0n) is 12.3. The van der Waals surface area contributed by atoms with Crippen molar-refractivity contribution >= 4 is 0 Å². The van der Waals surface area contributed by atoms with Crippen molar-refractivity contribution in [3.8, 4) is 0 Å². The Balaban J connectivity index is 1.70. The number of hydrazine groups is 1. The van der Waals surface area contributed by atoms with Gasteiger partial charge in [0.05, 0.1) is 12.7 Å². The normalized spacial score (nSPS) is 31.0. The Morgan fingerprint density at radius 3 is 3.00 bits per heavy atom. The molecule has 1 fully saturated rings. The summed E-state index contributed by atoms with van der Waals surface area (Å²) in [5, 5.41) is 0. The van der Waals surface area contributed by atoms with Crippen molar-refractivity contribution in [2.24, 2.45) is 11.8 Å². The fraction of sp³-hybridized carbons (Fsp3) is 0.647. The number of aryl methyl sites for hydroxylation is 1. The van der Waals surface area contributed by atoms with Gasteiger partial charge >= 0.3 is 0 Å². The van der Waals surface area contributed by atoms with E-state index in [9.17, 15) is 0 Å². The molecule has 20 heavy (non-hydrogen) atoms. The van der Waals surface area contributed by atoms with Crippen LogP contribution in [0.2, 0.25) is 0 Å². The maximum Gasteiger partial charge on any atom is 0.0551 e. The van der Waals surface area contributed by atoms with E-state index in [2.05, 4.69) is 36.6 Å². The highest BCUT2D eigenvalue weighted by atomic mass is 16.5. The highest BCUT2D eigenvalue weighted by Crippen LogP contribution is 2.36. The van der Waals surface area contributed by atoms with Gasteiger partial charge in [0.1, 0.15) is 0 Å². The molecule has 3 rings (SSSR count). The zero-order valence-corrected chi connectivity index (χ0v) is 12.3. The summed E-state index contributed by atoms with van der Waals surface area (Å²) in [5.74, 6) is 7.04. The summed E-state index contributed by atoms with van der Waals surface area (Å²) < 4.78 is 5.71. The Morgan fingerprint density at radius 1 is 1.40 bits per heavy atom. The number of rotatable bonds is 4. The maximum atomic E-state index is 5.83. The van der Waals surface area contributed by atoms with Crippen molar-refractivity contribution in [2.45, 2.75) is 57.1 Å². The number of fused-ring (bicyclic) bond motifs is 1. The number of ether oxygens (including phenoxy) is 1. The third-order valence-corrected chi connectivity index (χ3v) is 5.04. The third kappa shape index (κ3) is 2.90. The molecule has 0 amide bonds. The third-order valence-electron chi connectivity index (χ3n) is 5.04. The first kappa shape index (κ1) is 14.1. The van der Waals surface area contributed by atoms with Crippen molar-refractivity contribution in [3.63, 3.8) is 0 Å². The van der Waals surface area contributed by atoms with Crippen LogP contribution in [-0.4, -0.2) is 18.8 Å². The Hall–Kier alpha value is -0.900. The lowest BCUT2D eigenvalue weighted by Gasteiger charge is -2.31. The van der Waals surface area contributed by atoms with Crippen LogP contribution in [0.5, 0.6) is 0 Å². The molecule has 0 radical (unpaired) electrons. The van der Waals surface area contributed by atoms with E-state index in [-0.39, 0.29) is 0 Å². The van der Waals surface area contributed by atoms with E-state index in [0.29, 0.717) is 24.0 Å². The Morgan fingerprint density at radius 2 is 2.25 bits per heavy atom. The Kier molecular flexibility index (Phi) is 4.39. The topological polar surface area (TPSA) is 47.3 Å². The summed E-state index contributed by atoms with van der Waals surface area (Å²) in [4.78, 5) is 0. The lowest BCUT2D eigenvalue weighted by atomic mass is 9.77. The van der Waals surface area contributed by atoms with Crippen LogP contribution in [0.4, 0.5) is 0 Å². The van der Waals surface area contributed by atoms with E-state index in [1.165, 1.54) is 24.8 Å². The van der Waals surface area contributed by atoms with Gasteiger partial charge in [-0.2, -0.15) is 0 Å². The van der Waals surface area contributed by atoms with Crippen LogP contribution in [-0.2, 0) is 11.2 Å². The monoisotopic (exact) mass is 274 g/mol. The van der Waals surface area contributed by atoms with Gasteiger partial charge in [-0.1, -0.05) is 24.3 Å². The first-order valence-electron chi connectivity index (χ1n) is 7.93. The largest absolute Gasteiger partial charge is 0.378 e. The molecule has 3 heteroatoms. The smallest absolute Gasteiger partial charge is 0.0551 e. The Labute approximate surface area is 121 Å². The molecule has 0 saturated carbocycles. The molecular formula is C17H26N2O. The van der Waals surface area contributed by atoms with Crippen LogP contribution in [0.25, 0.3) is 0 Å². The van der Waals surface area contributed by atoms with E-state index < -0.39 is 0 Å². The quantitative estimate of drug-likeness (QED) is 0.655. The minimum absolute atomic E-state index is 0.371. The predicted molar refractivity (Wildman–Crippen MR) is 81.4 cm³/mol. The molecule has 0 aromatic heterocycles. The first-order chi connectivity index (χ1) is 9.78. The van der Waals surface area contributed by atoms with Crippen LogP contribution in [0, 0.1) is 5.92 Å².